The van der Waals surface area contributed by atoms with Crippen LogP contribution in [0.5, 0.6) is 0 Å². The summed E-state index contributed by atoms with van der Waals surface area (Å²) in [6.07, 6.45) is 0. The summed E-state index contributed by atoms with van der Waals surface area (Å²) in [5.41, 5.74) is -3.96. The number of benzene rings is 1. The number of rotatable bonds is 4. The molecule has 1 aromatic carbocycles. The first kappa shape index (κ1) is 16.8. The smallest absolute Gasteiger partial charge is 0.318 e. The Balaban J connectivity index is 0.00000324. The minimum Gasteiger partial charge on any atom is -0.521 e. The van der Waals surface area contributed by atoms with Crippen LogP contribution >= 0.6 is 0 Å². The van der Waals surface area contributed by atoms with Crippen LogP contribution in [-0.4, -0.2) is 44.3 Å². The second kappa shape index (κ2) is 6.08. The van der Waals surface area contributed by atoms with Crippen molar-refractivity contribution < 1.29 is 60.0 Å². The van der Waals surface area contributed by atoms with Gasteiger partial charge in [0.15, 0.2) is 0 Å². The predicted octanol–water partition coefficient (Wildman–Crippen LogP) is 0.277. The van der Waals surface area contributed by atoms with Gasteiger partial charge in [-0.15, -0.1) is 12.1 Å². The average molecular weight is 360 g/mol. The summed E-state index contributed by atoms with van der Waals surface area (Å²) in [4.78, 5) is 43.3. The summed E-state index contributed by atoms with van der Waals surface area (Å²) in [5, 5.41) is 35.1. The van der Waals surface area contributed by atoms with Gasteiger partial charge in [-0.25, -0.2) is 4.79 Å². The Hall–Kier alpha value is -2.24. The number of hydrogen-bond donors (Lipinski definition) is 4. The molecule has 0 aliphatic carbocycles. The van der Waals surface area contributed by atoms with Crippen molar-refractivity contribution in [3.05, 3.63) is 34.4 Å². The third kappa shape index (κ3) is 3.15. The van der Waals surface area contributed by atoms with E-state index in [2.05, 4.69) is 0 Å². The van der Waals surface area contributed by atoms with Crippen molar-refractivity contribution in [3.8, 4) is 0 Å². The number of aromatic carboxylic acids is 4. The van der Waals surface area contributed by atoms with Gasteiger partial charge < -0.3 is 25.2 Å². The van der Waals surface area contributed by atoms with E-state index in [1.54, 1.807) is 0 Å². The molecule has 1 aromatic rings. The van der Waals surface area contributed by atoms with Crippen LogP contribution in [0.1, 0.15) is 41.4 Å². The van der Waals surface area contributed by atoms with Crippen LogP contribution in [0.25, 0.3) is 0 Å². The fourth-order valence-electron chi connectivity index (χ4n) is 1.32. The molecule has 1 rings (SSSR count). The Morgan fingerprint density at radius 2 is 1.26 bits per heavy atom. The molecule has 19 heavy (non-hydrogen) atoms. The van der Waals surface area contributed by atoms with Crippen molar-refractivity contribution in [1.82, 2.24) is 0 Å². The van der Waals surface area contributed by atoms with Crippen molar-refractivity contribution in [2.75, 3.05) is 0 Å². The number of carboxylic acid groups (broad SMARTS) is 4. The van der Waals surface area contributed by atoms with Crippen molar-refractivity contribution >= 4 is 23.9 Å². The Morgan fingerprint density at radius 1 is 0.789 bits per heavy atom. The van der Waals surface area contributed by atoms with Crippen molar-refractivity contribution in [3.63, 3.8) is 0 Å². The van der Waals surface area contributed by atoms with Crippen molar-refractivity contribution in [2.24, 2.45) is 0 Å². The van der Waals surface area contributed by atoms with E-state index >= 15 is 0 Å². The van der Waals surface area contributed by atoms with E-state index in [0.29, 0.717) is 6.07 Å². The molecular weight excluding hydrogens is 355 g/mol. The van der Waals surface area contributed by atoms with E-state index in [9.17, 15) is 19.2 Å². The monoisotopic (exact) mass is 359 g/mol. The Morgan fingerprint density at radius 3 is 1.58 bits per heavy atom. The second-order valence-corrected chi connectivity index (χ2v) is 3.05. The van der Waals surface area contributed by atoms with Crippen LogP contribution in [-0.2, 0) is 20.4 Å². The Bertz CT molecular complexity index is 526. The van der Waals surface area contributed by atoms with Crippen LogP contribution in [0, 0.1) is 6.07 Å². The second-order valence-electron chi connectivity index (χ2n) is 3.05. The molecule has 0 aromatic heterocycles. The minimum absolute atomic E-state index is 0. The van der Waals surface area contributed by atoms with E-state index in [-0.39, 0.29) is 20.4 Å². The third-order valence-electron chi connectivity index (χ3n) is 2.00. The van der Waals surface area contributed by atoms with Gasteiger partial charge in [-0.1, -0.05) is 5.56 Å². The SMILES string of the molecule is O=C(O)c1[c-]cc(C(=O)O)c(C(=O)O)c1C(=O)O.[Pd]. The molecule has 0 heterocycles. The topological polar surface area (TPSA) is 149 Å². The molecule has 104 valence electrons. The van der Waals surface area contributed by atoms with Gasteiger partial charge in [0.2, 0.25) is 5.97 Å². The van der Waals surface area contributed by atoms with Gasteiger partial charge >= 0.3 is 5.97 Å². The van der Waals surface area contributed by atoms with E-state index in [0.717, 1.165) is 0 Å². The van der Waals surface area contributed by atoms with Gasteiger partial charge in [-0.05, 0) is 11.1 Å². The van der Waals surface area contributed by atoms with E-state index in [1.807, 2.05) is 6.07 Å². The summed E-state index contributed by atoms with van der Waals surface area (Å²) < 4.78 is 0. The first-order chi connectivity index (χ1) is 8.27. The summed E-state index contributed by atoms with van der Waals surface area (Å²) in [7, 11) is 0. The quantitative estimate of drug-likeness (QED) is 0.442. The van der Waals surface area contributed by atoms with E-state index in [4.69, 9.17) is 20.4 Å². The molecule has 0 saturated carbocycles. The van der Waals surface area contributed by atoms with E-state index < -0.39 is 46.1 Å². The molecule has 0 aliphatic rings. The summed E-state index contributed by atoms with van der Waals surface area (Å²) in [5.74, 6) is -7.11. The molecular formula is C10H5O8Pd-. The van der Waals surface area contributed by atoms with Gasteiger partial charge in [0, 0.05) is 26.0 Å². The van der Waals surface area contributed by atoms with Gasteiger partial charge in [0.25, 0.3) is 11.9 Å². The van der Waals surface area contributed by atoms with Gasteiger partial charge in [-0.2, -0.15) is 0 Å². The molecule has 0 bridgehead atoms. The number of carbonyl (C=O) groups is 4. The Labute approximate surface area is 118 Å². The maximum absolute atomic E-state index is 10.9. The van der Waals surface area contributed by atoms with Crippen LogP contribution in [0.15, 0.2) is 6.07 Å². The van der Waals surface area contributed by atoms with Gasteiger partial charge in [0.05, 0.1) is 0 Å². The number of hydrogen-bond acceptors (Lipinski definition) is 4. The third-order valence-corrected chi connectivity index (χ3v) is 2.00. The molecule has 0 fully saturated rings. The first-order valence-electron chi connectivity index (χ1n) is 4.29. The maximum atomic E-state index is 10.9. The molecule has 9 heteroatoms. The summed E-state index contributed by atoms with van der Waals surface area (Å²) in [6.45, 7) is 0. The molecule has 0 aliphatic heterocycles. The van der Waals surface area contributed by atoms with Crippen molar-refractivity contribution in [1.29, 1.82) is 0 Å². The maximum Gasteiger partial charge on any atom is 0.318 e. The van der Waals surface area contributed by atoms with Crippen LogP contribution in [0.2, 0.25) is 0 Å². The van der Waals surface area contributed by atoms with Gasteiger partial charge in [-0.3, -0.25) is 9.59 Å². The van der Waals surface area contributed by atoms with Crippen LogP contribution in [0.3, 0.4) is 0 Å². The molecule has 0 spiro atoms. The standard InChI is InChI=1S/C10H5O8.Pd/c11-7(12)3-1-2-4(8(13)14)6(10(17)18)5(3)9(15)16;/h1H,(H,11,12)(H,13,14)(H,15,16)(H,17,18);/q-1;. The zero-order chi connectivity index (χ0) is 14.0. The minimum atomic E-state index is -1.86. The molecule has 0 saturated heterocycles. The summed E-state index contributed by atoms with van der Waals surface area (Å²) in [6, 6.07) is 2.55. The largest absolute Gasteiger partial charge is 0.521 e. The average Bonchev–Trinajstić information content (AvgIpc) is 2.26. The molecule has 0 amide bonds. The number of carboxylic acids is 4. The molecule has 0 radical (unpaired) electrons. The van der Waals surface area contributed by atoms with Crippen molar-refractivity contribution in [2.45, 2.75) is 0 Å². The van der Waals surface area contributed by atoms with Gasteiger partial charge in [0.1, 0.15) is 0 Å². The van der Waals surface area contributed by atoms with E-state index in [1.165, 1.54) is 0 Å². The van der Waals surface area contributed by atoms with Crippen LogP contribution < -0.4 is 0 Å². The zero-order valence-corrected chi connectivity index (χ0v) is 10.4. The fourth-order valence-corrected chi connectivity index (χ4v) is 1.32. The zero-order valence-electron chi connectivity index (χ0n) is 8.82. The normalized spacial score (nSPS) is 9.26. The molecule has 0 atom stereocenters. The van der Waals surface area contributed by atoms with Crippen LogP contribution in [0.4, 0.5) is 0 Å². The molecule has 8 nitrogen and oxygen atoms in total. The Kier molecular flexibility index (Phi) is 5.37. The fraction of sp³-hybridized carbons (Fsp3) is 0. The first-order valence-corrected chi connectivity index (χ1v) is 4.29. The molecule has 0 unspecified atom stereocenters. The predicted molar refractivity (Wildman–Crippen MR) is 53.1 cm³/mol. The molecule has 4 N–H and O–H groups in total. The summed E-state index contributed by atoms with van der Waals surface area (Å²) >= 11 is 0.